The standard InChI is InChI=1S/C20H17ClN6O4S/c1-20(12-18(28)23-17-4-2-3-11-27(17)20)19(29)22-13-5-7-14(8-6-13)32(30,31)26-16-10-9-15(21)24-25-16/h2-11H,12H2,1H3,(H,22,29)(H,25,26). The van der Waals surface area contributed by atoms with Crippen molar-refractivity contribution in [2.75, 3.05) is 10.0 Å². The van der Waals surface area contributed by atoms with Crippen LogP contribution in [0.4, 0.5) is 11.5 Å². The highest BCUT2D eigenvalue weighted by Gasteiger charge is 2.45. The Hall–Kier alpha value is -3.57. The van der Waals surface area contributed by atoms with Crippen molar-refractivity contribution in [3.8, 4) is 0 Å². The zero-order valence-corrected chi connectivity index (χ0v) is 18.3. The number of amidine groups is 1. The van der Waals surface area contributed by atoms with E-state index in [9.17, 15) is 18.0 Å². The summed E-state index contributed by atoms with van der Waals surface area (Å²) in [5.74, 6) is -0.419. The number of halogens is 1. The van der Waals surface area contributed by atoms with Crippen LogP contribution in [0, 0.1) is 0 Å². The predicted octanol–water partition coefficient (Wildman–Crippen LogP) is 2.34. The second-order valence-electron chi connectivity index (χ2n) is 7.21. The number of hydrogen-bond donors (Lipinski definition) is 2. The maximum absolute atomic E-state index is 13.1. The molecule has 2 N–H and O–H groups in total. The molecule has 0 fully saturated rings. The van der Waals surface area contributed by atoms with Crippen LogP contribution in [-0.2, 0) is 19.6 Å². The number of aliphatic imine (C=N–C) groups is 1. The molecule has 0 aliphatic carbocycles. The van der Waals surface area contributed by atoms with Crippen LogP contribution in [0.25, 0.3) is 0 Å². The fourth-order valence-electron chi connectivity index (χ4n) is 3.23. The molecule has 2 amide bonds. The summed E-state index contributed by atoms with van der Waals surface area (Å²) in [5.41, 5.74) is -0.816. The molecule has 10 nitrogen and oxygen atoms in total. The first-order chi connectivity index (χ1) is 15.2. The number of nitrogens with zero attached hydrogens (tertiary/aromatic N) is 4. The third-order valence-electron chi connectivity index (χ3n) is 4.89. The zero-order chi connectivity index (χ0) is 22.9. The molecule has 12 heteroatoms. The average molecular weight is 473 g/mol. The number of amides is 2. The van der Waals surface area contributed by atoms with Crippen LogP contribution >= 0.6 is 11.6 Å². The van der Waals surface area contributed by atoms with Gasteiger partial charge in [0.1, 0.15) is 11.4 Å². The van der Waals surface area contributed by atoms with E-state index in [0.29, 0.717) is 11.5 Å². The highest BCUT2D eigenvalue weighted by molar-refractivity contribution is 7.92. The van der Waals surface area contributed by atoms with Crippen LogP contribution in [0.1, 0.15) is 13.3 Å². The number of fused-ring (bicyclic) bond motifs is 1. The van der Waals surface area contributed by atoms with Gasteiger partial charge < -0.3 is 10.2 Å². The zero-order valence-electron chi connectivity index (χ0n) is 16.7. The molecular weight excluding hydrogens is 456 g/mol. The molecule has 164 valence electrons. The van der Waals surface area contributed by atoms with Crippen LogP contribution in [0.2, 0.25) is 5.15 Å². The Morgan fingerprint density at radius 3 is 2.56 bits per heavy atom. The lowest BCUT2D eigenvalue weighted by molar-refractivity contribution is -0.130. The van der Waals surface area contributed by atoms with E-state index in [-0.39, 0.29) is 22.3 Å². The van der Waals surface area contributed by atoms with Crippen molar-refractivity contribution in [1.82, 2.24) is 15.1 Å². The molecule has 0 bridgehead atoms. The summed E-state index contributed by atoms with van der Waals surface area (Å²) in [4.78, 5) is 30.7. The number of hydrogen-bond acceptors (Lipinski definition) is 7. The Bertz CT molecular complexity index is 1270. The maximum Gasteiger partial charge on any atom is 0.263 e. The number of carbonyl (C=O) groups excluding carboxylic acids is 2. The van der Waals surface area contributed by atoms with E-state index in [4.69, 9.17) is 11.6 Å². The van der Waals surface area contributed by atoms with Crippen molar-refractivity contribution in [2.45, 2.75) is 23.8 Å². The lowest BCUT2D eigenvalue weighted by Gasteiger charge is -2.41. The summed E-state index contributed by atoms with van der Waals surface area (Å²) in [6, 6.07) is 8.38. The second-order valence-corrected chi connectivity index (χ2v) is 9.28. The molecule has 0 saturated heterocycles. The number of aromatic nitrogens is 2. The van der Waals surface area contributed by atoms with Crippen molar-refractivity contribution in [3.63, 3.8) is 0 Å². The van der Waals surface area contributed by atoms with Gasteiger partial charge in [-0.05, 0) is 55.5 Å². The fraction of sp³-hybridized carbons (Fsp3) is 0.150. The molecule has 2 aliphatic heterocycles. The van der Waals surface area contributed by atoms with E-state index in [0.717, 1.165) is 0 Å². The highest BCUT2D eigenvalue weighted by Crippen LogP contribution is 2.29. The molecule has 32 heavy (non-hydrogen) atoms. The first kappa shape index (κ1) is 21.7. The Kier molecular flexibility index (Phi) is 5.53. The van der Waals surface area contributed by atoms with Gasteiger partial charge in [-0.3, -0.25) is 14.3 Å². The average Bonchev–Trinajstić information content (AvgIpc) is 2.75. The quantitative estimate of drug-likeness (QED) is 0.682. The van der Waals surface area contributed by atoms with Gasteiger partial charge in [0.05, 0.1) is 11.3 Å². The van der Waals surface area contributed by atoms with Crippen molar-refractivity contribution in [1.29, 1.82) is 0 Å². The first-order valence-electron chi connectivity index (χ1n) is 9.37. The van der Waals surface area contributed by atoms with E-state index >= 15 is 0 Å². The molecule has 3 heterocycles. The van der Waals surface area contributed by atoms with E-state index in [2.05, 4.69) is 25.2 Å². The summed E-state index contributed by atoms with van der Waals surface area (Å²) in [5, 5.41) is 10.1. The first-order valence-corrected chi connectivity index (χ1v) is 11.2. The van der Waals surface area contributed by atoms with Gasteiger partial charge in [0.25, 0.3) is 21.8 Å². The minimum absolute atomic E-state index is 0.0165. The molecule has 4 rings (SSSR count). The Morgan fingerprint density at radius 2 is 1.88 bits per heavy atom. The van der Waals surface area contributed by atoms with Crippen molar-refractivity contribution < 1.29 is 18.0 Å². The normalized spacial score (nSPS) is 19.9. The van der Waals surface area contributed by atoms with Crippen molar-refractivity contribution >= 4 is 50.8 Å². The maximum atomic E-state index is 13.1. The molecule has 1 atom stereocenters. The summed E-state index contributed by atoms with van der Waals surface area (Å²) < 4.78 is 27.4. The molecular formula is C20H17ClN6O4S. The van der Waals surface area contributed by atoms with Gasteiger partial charge in [-0.2, -0.15) is 4.99 Å². The van der Waals surface area contributed by atoms with Gasteiger partial charge in [-0.1, -0.05) is 17.7 Å². The number of nitrogens with one attached hydrogen (secondary N) is 2. The topological polar surface area (TPSA) is 134 Å². The summed E-state index contributed by atoms with van der Waals surface area (Å²) in [7, 11) is -3.92. The summed E-state index contributed by atoms with van der Waals surface area (Å²) in [6.45, 7) is 1.65. The smallest absolute Gasteiger partial charge is 0.263 e. The number of allylic oxidation sites excluding steroid dienone is 2. The predicted molar refractivity (Wildman–Crippen MR) is 119 cm³/mol. The van der Waals surface area contributed by atoms with Crippen LogP contribution in [0.3, 0.4) is 0 Å². The molecule has 1 aromatic heterocycles. The lowest BCUT2D eigenvalue weighted by atomic mass is 9.91. The van der Waals surface area contributed by atoms with E-state index < -0.39 is 27.4 Å². The molecule has 0 saturated carbocycles. The number of rotatable bonds is 5. The molecule has 1 aromatic carbocycles. The SMILES string of the molecule is CC1(C(=O)Nc2ccc(S(=O)(=O)Nc3ccc(Cl)nn3)cc2)CC(=O)N=C2C=CC=CN21. The van der Waals surface area contributed by atoms with Crippen LogP contribution in [-0.4, -0.2) is 46.7 Å². The van der Waals surface area contributed by atoms with Gasteiger partial charge in [0.15, 0.2) is 11.0 Å². The summed E-state index contributed by atoms with van der Waals surface area (Å²) >= 11 is 5.65. The van der Waals surface area contributed by atoms with Crippen LogP contribution in [0.15, 0.2) is 70.7 Å². The van der Waals surface area contributed by atoms with Crippen molar-refractivity contribution in [3.05, 3.63) is 66.0 Å². The van der Waals surface area contributed by atoms with Gasteiger partial charge >= 0.3 is 0 Å². The molecule has 0 radical (unpaired) electrons. The lowest BCUT2D eigenvalue weighted by Crippen LogP contribution is -2.58. The molecule has 2 aliphatic rings. The summed E-state index contributed by atoms with van der Waals surface area (Å²) in [6.07, 6.45) is 6.72. The van der Waals surface area contributed by atoms with Crippen LogP contribution in [0.5, 0.6) is 0 Å². The molecule has 0 spiro atoms. The number of benzene rings is 1. The van der Waals surface area contributed by atoms with E-state index in [1.807, 2.05) is 0 Å². The molecule has 1 unspecified atom stereocenters. The van der Waals surface area contributed by atoms with Gasteiger partial charge in [-0.15, -0.1) is 10.2 Å². The third-order valence-corrected chi connectivity index (χ3v) is 6.46. The minimum atomic E-state index is -3.92. The largest absolute Gasteiger partial charge is 0.324 e. The molecule has 2 aromatic rings. The Morgan fingerprint density at radius 1 is 1.12 bits per heavy atom. The second kappa shape index (κ2) is 8.17. The Labute approximate surface area is 188 Å². The highest BCUT2D eigenvalue weighted by atomic mass is 35.5. The van der Waals surface area contributed by atoms with Crippen LogP contribution < -0.4 is 10.0 Å². The Balaban J connectivity index is 1.50. The third kappa shape index (κ3) is 4.25. The van der Waals surface area contributed by atoms with E-state index in [1.54, 1.807) is 36.3 Å². The van der Waals surface area contributed by atoms with E-state index in [1.165, 1.54) is 36.4 Å². The number of anilines is 2. The minimum Gasteiger partial charge on any atom is -0.324 e. The number of carbonyl (C=O) groups is 2. The van der Waals surface area contributed by atoms with Gasteiger partial charge in [-0.25, -0.2) is 8.42 Å². The van der Waals surface area contributed by atoms with Gasteiger partial charge in [0.2, 0.25) is 0 Å². The van der Waals surface area contributed by atoms with Gasteiger partial charge in [0, 0.05) is 11.9 Å². The fourth-order valence-corrected chi connectivity index (χ4v) is 4.33. The number of sulfonamides is 1. The van der Waals surface area contributed by atoms with Crippen molar-refractivity contribution in [2.24, 2.45) is 4.99 Å². The monoisotopic (exact) mass is 472 g/mol.